The summed E-state index contributed by atoms with van der Waals surface area (Å²) in [6, 6.07) is 8.87. The molecule has 8 nitrogen and oxygen atoms in total. The van der Waals surface area contributed by atoms with Gasteiger partial charge >= 0.3 is 5.97 Å². The highest BCUT2D eigenvalue weighted by Gasteiger charge is 2.19. The van der Waals surface area contributed by atoms with Crippen molar-refractivity contribution in [3.63, 3.8) is 0 Å². The number of esters is 1. The lowest BCUT2D eigenvalue weighted by Gasteiger charge is -2.11. The van der Waals surface area contributed by atoms with E-state index in [9.17, 15) is 9.59 Å². The Bertz CT molecular complexity index is 963. The molecule has 0 unspecified atom stereocenters. The third-order valence-corrected chi connectivity index (χ3v) is 3.85. The van der Waals surface area contributed by atoms with Gasteiger partial charge in [0.25, 0.3) is 5.91 Å². The normalized spacial score (nSPS) is 10.5. The van der Waals surface area contributed by atoms with Crippen LogP contribution in [0.3, 0.4) is 0 Å². The molecular weight excluding hydrogens is 334 g/mol. The summed E-state index contributed by atoms with van der Waals surface area (Å²) in [5, 5.41) is 10.1. The lowest BCUT2D eigenvalue weighted by molar-refractivity contribution is 0.0526. The minimum absolute atomic E-state index is 0.0682. The number of aromatic amines is 1. The molecule has 0 bridgehead atoms. The molecule has 132 valence electrons. The molecule has 0 aliphatic carbocycles. The number of aryl methyl sites for hydroxylation is 1. The minimum atomic E-state index is -0.664. The number of hydrogen-bond acceptors (Lipinski definition) is 6. The number of primary amides is 1. The molecule has 0 spiro atoms. The zero-order valence-corrected chi connectivity index (χ0v) is 14.3. The van der Waals surface area contributed by atoms with Gasteiger partial charge in [-0.25, -0.2) is 4.79 Å². The fraction of sp³-hybridized carbons (Fsp3) is 0.167. The summed E-state index contributed by atoms with van der Waals surface area (Å²) < 4.78 is 5.14. The molecule has 2 aromatic heterocycles. The lowest BCUT2D eigenvalue weighted by atomic mass is 10.00. The van der Waals surface area contributed by atoms with E-state index in [1.54, 1.807) is 43.5 Å². The topological polar surface area (TPSA) is 124 Å². The van der Waals surface area contributed by atoms with Gasteiger partial charge in [-0.15, -0.1) is 0 Å². The molecule has 0 saturated carbocycles. The number of nitrogens with zero attached hydrogens (tertiary/aromatic N) is 3. The molecule has 8 heteroatoms. The fourth-order valence-electron chi connectivity index (χ4n) is 2.63. The van der Waals surface area contributed by atoms with E-state index >= 15 is 0 Å². The third-order valence-electron chi connectivity index (χ3n) is 3.85. The Morgan fingerprint density at radius 2 is 1.73 bits per heavy atom. The smallest absolute Gasteiger partial charge is 0.340 e. The number of aromatic nitrogens is 4. The summed E-state index contributed by atoms with van der Waals surface area (Å²) in [7, 11) is 0. The van der Waals surface area contributed by atoms with Gasteiger partial charge in [0, 0.05) is 17.3 Å². The Hall–Kier alpha value is -3.55. The van der Waals surface area contributed by atoms with E-state index in [1.807, 2.05) is 6.92 Å². The van der Waals surface area contributed by atoms with E-state index < -0.39 is 11.9 Å². The van der Waals surface area contributed by atoms with Gasteiger partial charge in [-0.3, -0.25) is 9.78 Å². The van der Waals surface area contributed by atoms with Gasteiger partial charge in [0.15, 0.2) is 5.69 Å². The zero-order chi connectivity index (χ0) is 18.7. The maximum absolute atomic E-state index is 12.3. The van der Waals surface area contributed by atoms with Crippen molar-refractivity contribution in [3.8, 4) is 22.5 Å². The van der Waals surface area contributed by atoms with Gasteiger partial charge in [0.1, 0.15) is 5.69 Å². The highest BCUT2D eigenvalue weighted by Crippen LogP contribution is 2.27. The van der Waals surface area contributed by atoms with E-state index in [-0.39, 0.29) is 12.3 Å². The van der Waals surface area contributed by atoms with Gasteiger partial charge in [-0.05, 0) is 25.5 Å². The molecule has 0 saturated heterocycles. The molecule has 0 aliphatic rings. The van der Waals surface area contributed by atoms with Gasteiger partial charge < -0.3 is 10.5 Å². The molecule has 26 heavy (non-hydrogen) atoms. The van der Waals surface area contributed by atoms with E-state index in [0.29, 0.717) is 22.5 Å². The molecule has 0 aliphatic heterocycles. The summed E-state index contributed by atoms with van der Waals surface area (Å²) in [6.45, 7) is 3.88. The first-order valence-corrected chi connectivity index (χ1v) is 7.97. The number of amides is 1. The second kappa shape index (κ2) is 7.14. The summed E-state index contributed by atoms with van der Waals surface area (Å²) in [5.41, 5.74) is 8.88. The number of nitrogens with two attached hydrogens (primary N) is 1. The number of H-pyrrole nitrogens is 1. The highest BCUT2D eigenvalue weighted by atomic mass is 16.5. The van der Waals surface area contributed by atoms with Crippen LogP contribution >= 0.6 is 0 Å². The lowest BCUT2D eigenvalue weighted by Crippen LogP contribution is -2.12. The van der Waals surface area contributed by atoms with Crippen LogP contribution in [-0.2, 0) is 4.74 Å². The van der Waals surface area contributed by atoms with Crippen molar-refractivity contribution in [2.24, 2.45) is 5.73 Å². The van der Waals surface area contributed by atoms with Crippen LogP contribution in [0.15, 0.2) is 36.5 Å². The first-order valence-electron chi connectivity index (χ1n) is 7.97. The Morgan fingerprint density at radius 3 is 2.35 bits per heavy atom. The van der Waals surface area contributed by atoms with E-state index in [0.717, 1.165) is 11.1 Å². The van der Waals surface area contributed by atoms with Crippen LogP contribution in [0.4, 0.5) is 0 Å². The Kier molecular flexibility index (Phi) is 4.74. The number of rotatable bonds is 5. The Balaban J connectivity index is 2.02. The maximum Gasteiger partial charge on any atom is 0.340 e. The van der Waals surface area contributed by atoms with Crippen molar-refractivity contribution >= 4 is 11.9 Å². The summed E-state index contributed by atoms with van der Waals surface area (Å²) in [6.07, 6.45) is 1.64. The Labute approximate surface area is 149 Å². The van der Waals surface area contributed by atoms with Crippen LogP contribution in [0.2, 0.25) is 0 Å². The van der Waals surface area contributed by atoms with Crippen LogP contribution < -0.4 is 5.73 Å². The van der Waals surface area contributed by atoms with Crippen molar-refractivity contribution in [2.45, 2.75) is 13.8 Å². The van der Waals surface area contributed by atoms with Gasteiger partial charge in [-0.1, -0.05) is 24.3 Å². The van der Waals surface area contributed by atoms with Crippen molar-refractivity contribution in [3.05, 3.63) is 53.3 Å². The molecule has 3 rings (SSSR count). The fourth-order valence-corrected chi connectivity index (χ4v) is 2.63. The van der Waals surface area contributed by atoms with Crippen molar-refractivity contribution < 1.29 is 14.3 Å². The molecule has 2 heterocycles. The number of ether oxygens (including phenoxy) is 1. The second-order valence-electron chi connectivity index (χ2n) is 5.53. The number of pyridine rings is 1. The quantitative estimate of drug-likeness (QED) is 0.679. The van der Waals surface area contributed by atoms with Crippen LogP contribution in [0.5, 0.6) is 0 Å². The molecular formula is C18H17N5O3. The average Bonchev–Trinajstić information content (AvgIpc) is 3.12. The average molecular weight is 351 g/mol. The predicted octanol–water partition coefficient (Wildman–Crippen LogP) is 2.12. The van der Waals surface area contributed by atoms with E-state index in [4.69, 9.17) is 10.5 Å². The maximum atomic E-state index is 12.3. The van der Waals surface area contributed by atoms with Gasteiger partial charge in [0.05, 0.1) is 17.9 Å². The van der Waals surface area contributed by atoms with Crippen LogP contribution in [0, 0.1) is 6.92 Å². The number of carbonyl (C=O) groups is 2. The molecule has 3 N–H and O–H groups in total. The van der Waals surface area contributed by atoms with Gasteiger partial charge in [-0.2, -0.15) is 15.4 Å². The van der Waals surface area contributed by atoms with Crippen molar-refractivity contribution in [2.75, 3.05) is 6.61 Å². The van der Waals surface area contributed by atoms with Crippen LogP contribution in [-0.4, -0.2) is 38.9 Å². The molecule has 1 aromatic carbocycles. The molecule has 0 radical (unpaired) electrons. The zero-order valence-electron chi connectivity index (χ0n) is 14.3. The first kappa shape index (κ1) is 17.3. The monoisotopic (exact) mass is 351 g/mol. The molecule has 0 atom stereocenters. The number of nitrogens with one attached hydrogen (secondary N) is 1. The van der Waals surface area contributed by atoms with Crippen LogP contribution in [0.25, 0.3) is 22.5 Å². The predicted molar refractivity (Wildman–Crippen MR) is 94.3 cm³/mol. The minimum Gasteiger partial charge on any atom is -0.462 e. The second-order valence-corrected chi connectivity index (χ2v) is 5.53. The SMILES string of the molecule is CCOC(=O)c1c(C)ccnc1-c1ccc(-c2n[nH]nc2C(N)=O)cc1. The van der Waals surface area contributed by atoms with E-state index in [1.165, 1.54) is 0 Å². The summed E-state index contributed by atoms with van der Waals surface area (Å²) in [4.78, 5) is 28.0. The standard InChI is InChI=1S/C18H17N5O3/c1-3-26-18(25)13-10(2)8-9-20-14(13)11-4-6-12(7-5-11)15-16(17(19)24)22-23-21-15/h4-9H,3H2,1-2H3,(H2,19,24)(H,21,22,23). The van der Waals surface area contributed by atoms with Crippen molar-refractivity contribution in [1.29, 1.82) is 0 Å². The summed E-state index contributed by atoms with van der Waals surface area (Å²) in [5.74, 6) is -1.08. The largest absolute Gasteiger partial charge is 0.462 e. The highest BCUT2D eigenvalue weighted by molar-refractivity contribution is 5.98. The molecule has 3 aromatic rings. The number of benzene rings is 1. The number of hydrogen-bond donors (Lipinski definition) is 2. The summed E-state index contributed by atoms with van der Waals surface area (Å²) >= 11 is 0. The van der Waals surface area contributed by atoms with Gasteiger partial charge in [0.2, 0.25) is 0 Å². The van der Waals surface area contributed by atoms with E-state index in [2.05, 4.69) is 20.4 Å². The molecule has 0 fully saturated rings. The first-order chi connectivity index (χ1) is 12.5. The van der Waals surface area contributed by atoms with Crippen LogP contribution in [0.1, 0.15) is 33.3 Å². The number of carbonyl (C=O) groups excluding carboxylic acids is 2. The third kappa shape index (κ3) is 3.16. The van der Waals surface area contributed by atoms with Crippen molar-refractivity contribution in [1.82, 2.24) is 20.4 Å². The molecule has 1 amide bonds. The Morgan fingerprint density at radius 1 is 1.08 bits per heavy atom.